The Kier molecular flexibility index (Phi) is 7.50. The fraction of sp³-hybridized carbons (Fsp3) is 0.250. The van der Waals surface area contributed by atoms with Gasteiger partial charge in [0.2, 0.25) is 0 Å². The molecule has 0 saturated carbocycles. The van der Waals surface area contributed by atoms with Crippen molar-refractivity contribution in [1.29, 1.82) is 0 Å². The zero-order valence-electron chi connectivity index (χ0n) is 20.5. The van der Waals surface area contributed by atoms with Gasteiger partial charge in [0.25, 0.3) is 6.43 Å². The summed E-state index contributed by atoms with van der Waals surface area (Å²) >= 11 is 0. The van der Waals surface area contributed by atoms with Crippen LogP contribution < -0.4 is 0 Å². The van der Waals surface area contributed by atoms with Crippen molar-refractivity contribution in [1.82, 2.24) is 4.98 Å². The number of halogens is 5. The lowest BCUT2D eigenvalue weighted by Gasteiger charge is -2.27. The first-order valence-corrected chi connectivity index (χ1v) is 15.1. The first-order valence-electron chi connectivity index (χ1n) is 11.6. The average molecular weight is 532 g/mol. The lowest BCUT2D eigenvalue weighted by atomic mass is 9.87. The van der Waals surface area contributed by atoms with E-state index in [9.17, 15) is 27.1 Å². The molecule has 1 aromatic heterocycles. The Labute approximate surface area is 212 Å². The molecule has 0 bridgehead atoms. The van der Waals surface area contributed by atoms with Crippen LogP contribution in [0.4, 0.5) is 22.0 Å². The summed E-state index contributed by atoms with van der Waals surface area (Å²) in [5.74, 6) is 0. The lowest BCUT2D eigenvalue weighted by molar-refractivity contribution is -0.142. The summed E-state index contributed by atoms with van der Waals surface area (Å²) in [4.78, 5) is 3.44. The van der Waals surface area contributed by atoms with E-state index in [-0.39, 0.29) is 28.9 Å². The monoisotopic (exact) mass is 531 g/mol. The van der Waals surface area contributed by atoms with Crippen LogP contribution >= 0.6 is 0 Å². The Morgan fingerprint density at radius 2 is 1.51 bits per heavy atom. The summed E-state index contributed by atoms with van der Waals surface area (Å²) in [5.41, 5.74) is -2.99. The summed E-state index contributed by atoms with van der Waals surface area (Å²) in [6.45, 7) is 5.18. The number of aromatic nitrogens is 1. The molecule has 0 radical (unpaired) electrons. The van der Waals surface area contributed by atoms with Gasteiger partial charge in [-0.25, -0.2) is 13.8 Å². The van der Waals surface area contributed by atoms with E-state index in [2.05, 4.69) is 4.98 Å². The van der Waals surface area contributed by atoms with Crippen LogP contribution in [-0.4, -0.2) is 18.4 Å². The summed E-state index contributed by atoms with van der Waals surface area (Å²) in [6, 6.07) is 20.0. The summed E-state index contributed by atoms with van der Waals surface area (Å²) in [6.07, 6.45) is -10.2. The number of aliphatic hydroxyl groups is 1. The predicted octanol–water partition coefficient (Wildman–Crippen LogP) is 8.29. The third kappa shape index (κ3) is 5.89. The Morgan fingerprint density at radius 3 is 2.11 bits per heavy atom. The van der Waals surface area contributed by atoms with Crippen molar-refractivity contribution in [3.8, 4) is 11.1 Å². The molecule has 1 heterocycles. The number of fused-ring (bicyclic) bond motifs is 1. The van der Waals surface area contributed by atoms with Gasteiger partial charge in [-0.05, 0) is 53.2 Å². The lowest BCUT2D eigenvalue weighted by Crippen LogP contribution is -2.26. The molecule has 4 rings (SSSR count). The Balaban J connectivity index is 2.07. The topological polar surface area (TPSA) is 42.4 Å². The second-order valence-electron chi connectivity index (χ2n) is 9.69. The van der Waals surface area contributed by atoms with Crippen LogP contribution in [0.2, 0.25) is 19.6 Å². The molecular weight excluding hydrogens is 505 g/mol. The van der Waals surface area contributed by atoms with Crippen molar-refractivity contribution >= 4 is 19.1 Å². The molecule has 0 aliphatic heterocycles. The highest BCUT2D eigenvalue weighted by molar-refractivity contribution is 6.69. The quantitative estimate of drug-likeness (QED) is 0.193. The van der Waals surface area contributed by atoms with Crippen molar-refractivity contribution in [3.63, 3.8) is 0 Å². The van der Waals surface area contributed by atoms with E-state index in [1.54, 1.807) is 42.5 Å². The molecule has 0 fully saturated rings. The number of pyridine rings is 1. The molecule has 9 heteroatoms. The van der Waals surface area contributed by atoms with E-state index in [1.165, 1.54) is 18.2 Å². The minimum atomic E-state index is -5.10. The standard InChI is InChI=1S/C28H26F5NO2Si/c1-37(2,3)36-16-21-22(18-10-5-4-6-11-18)23(26(28(31,32)33)34-24(21)27(29)30)25(35)20-14-13-17-9-7-8-12-19(17)15-20/h4-15,25,27,35H,16H2,1-3H3. The Morgan fingerprint density at radius 1 is 0.892 bits per heavy atom. The number of hydrogen-bond acceptors (Lipinski definition) is 3. The Hall–Kier alpha value is -3.14. The van der Waals surface area contributed by atoms with Crippen molar-refractivity contribution in [3.05, 3.63) is 101 Å². The highest BCUT2D eigenvalue weighted by Gasteiger charge is 2.42. The van der Waals surface area contributed by atoms with E-state index in [4.69, 9.17) is 4.43 Å². The molecule has 0 saturated heterocycles. The summed E-state index contributed by atoms with van der Waals surface area (Å²) in [5, 5.41) is 13.0. The molecule has 1 N–H and O–H groups in total. The van der Waals surface area contributed by atoms with Crippen LogP contribution in [0.3, 0.4) is 0 Å². The van der Waals surface area contributed by atoms with Gasteiger partial charge in [-0.3, -0.25) is 0 Å². The highest BCUT2D eigenvalue weighted by Crippen LogP contribution is 2.45. The summed E-state index contributed by atoms with van der Waals surface area (Å²) in [7, 11) is -2.27. The van der Waals surface area contributed by atoms with Crippen LogP contribution in [0.25, 0.3) is 21.9 Å². The van der Waals surface area contributed by atoms with E-state index in [1.807, 2.05) is 31.8 Å². The molecule has 37 heavy (non-hydrogen) atoms. The van der Waals surface area contributed by atoms with Crippen molar-refractivity contribution in [2.45, 2.75) is 45.0 Å². The van der Waals surface area contributed by atoms with Gasteiger partial charge in [-0.2, -0.15) is 13.2 Å². The zero-order chi connectivity index (χ0) is 27.0. The number of aliphatic hydroxyl groups excluding tert-OH is 1. The van der Waals surface area contributed by atoms with Gasteiger partial charge < -0.3 is 9.53 Å². The van der Waals surface area contributed by atoms with E-state index in [0.717, 1.165) is 5.39 Å². The zero-order valence-corrected chi connectivity index (χ0v) is 21.5. The van der Waals surface area contributed by atoms with Gasteiger partial charge in [0.1, 0.15) is 11.8 Å². The fourth-order valence-electron chi connectivity index (χ4n) is 4.23. The molecule has 0 aliphatic rings. The van der Waals surface area contributed by atoms with E-state index in [0.29, 0.717) is 5.39 Å². The molecule has 3 aromatic carbocycles. The summed E-state index contributed by atoms with van der Waals surface area (Å²) < 4.78 is 77.4. The molecular formula is C28H26F5NO2Si. The van der Waals surface area contributed by atoms with Crippen LogP contribution in [0.5, 0.6) is 0 Å². The normalized spacial score (nSPS) is 13.4. The van der Waals surface area contributed by atoms with Crippen molar-refractivity contribution in [2.75, 3.05) is 0 Å². The van der Waals surface area contributed by atoms with Gasteiger partial charge in [0.15, 0.2) is 14.0 Å². The molecule has 1 unspecified atom stereocenters. The van der Waals surface area contributed by atoms with Crippen molar-refractivity contribution < 1.29 is 31.5 Å². The fourth-order valence-corrected chi connectivity index (χ4v) is 4.81. The molecule has 194 valence electrons. The van der Waals surface area contributed by atoms with Crippen LogP contribution in [0.15, 0.2) is 72.8 Å². The number of hydrogen-bond donors (Lipinski definition) is 1. The minimum Gasteiger partial charge on any atom is -0.413 e. The second-order valence-corrected chi connectivity index (χ2v) is 14.2. The highest BCUT2D eigenvalue weighted by atomic mass is 28.4. The second kappa shape index (κ2) is 10.3. The van der Waals surface area contributed by atoms with Crippen molar-refractivity contribution in [2.24, 2.45) is 0 Å². The van der Waals surface area contributed by atoms with Gasteiger partial charge in [-0.15, -0.1) is 0 Å². The van der Waals surface area contributed by atoms with Crippen LogP contribution in [0.1, 0.15) is 40.6 Å². The van der Waals surface area contributed by atoms with E-state index >= 15 is 0 Å². The molecule has 0 spiro atoms. The first-order chi connectivity index (χ1) is 17.4. The van der Waals surface area contributed by atoms with Gasteiger partial charge in [0, 0.05) is 11.1 Å². The minimum absolute atomic E-state index is 0.142. The maximum absolute atomic E-state index is 14.4. The Bertz CT molecular complexity index is 1400. The number of benzene rings is 3. The molecule has 3 nitrogen and oxygen atoms in total. The van der Waals surface area contributed by atoms with Gasteiger partial charge in [0.05, 0.1) is 6.61 Å². The number of alkyl halides is 5. The maximum atomic E-state index is 14.4. The molecule has 0 amide bonds. The maximum Gasteiger partial charge on any atom is 0.433 e. The molecule has 4 aromatic rings. The average Bonchev–Trinajstić information content (AvgIpc) is 2.85. The van der Waals surface area contributed by atoms with Gasteiger partial charge in [-0.1, -0.05) is 66.7 Å². The number of nitrogens with zero attached hydrogens (tertiary/aromatic N) is 1. The van der Waals surface area contributed by atoms with Gasteiger partial charge >= 0.3 is 6.18 Å². The third-order valence-corrected chi connectivity index (χ3v) is 6.93. The predicted molar refractivity (Wildman–Crippen MR) is 136 cm³/mol. The third-order valence-electron chi connectivity index (χ3n) is 5.92. The van der Waals surface area contributed by atoms with Crippen LogP contribution in [-0.2, 0) is 17.2 Å². The largest absolute Gasteiger partial charge is 0.433 e. The first kappa shape index (κ1) is 26.9. The number of rotatable bonds is 7. The molecule has 1 atom stereocenters. The SMILES string of the molecule is C[Si](C)(C)OCc1c(C(F)F)nc(C(F)(F)F)c(C(O)c2ccc3ccccc3c2)c1-c1ccccc1. The van der Waals surface area contributed by atoms with Crippen LogP contribution in [0, 0.1) is 0 Å². The molecule has 0 aliphatic carbocycles. The van der Waals surface area contributed by atoms with E-state index < -0.39 is 44.0 Å². The smallest absolute Gasteiger partial charge is 0.413 e.